The molecule has 0 saturated heterocycles. The van der Waals surface area contributed by atoms with Crippen molar-refractivity contribution >= 4 is 0 Å². The second kappa shape index (κ2) is 12.9. The molecule has 8 aromatic carbocycles. The largest absolute Gasteiger partial charge is 0.457 e. The van der Waals surface area contributed by atoms with Gasteiger partial charge in [0.2, 0.25) is 0 Å². The molecule has 0 atom stereocenters. The van der Waals surface area contributed by atoms with E-state index >= 15 is 0 Å². The monoisotopic (exact) mass is 715 g/mol. The van der Waals surface area contributed by atoms with E-state index < -0.39 is 5.41 Å². The van der Waals surface area contributed by atoms with E-state index in [0.717, 1.165) is 61.6 Å². The fourth-order valence-electron chi connectivity index (χ4n) is 8.74. The van der Waals surface area contributed by atoms with Crippen LogP contribution in [0.5, 0.6) is 11.5 Å². The van der Waals surface area contributed by atoms with Crippen molar-refractivity contribution in [3.05, 3.63) is 222 Å². The van der Waals surface area contributed by atoms with E-state index in [1.54, 1.807) is 0 Å². The van der Waals surface area contributed by atoms with Crippen molar-refractivity contribution in [3.8, 4) is 79.0 Å². The molecule has 56 heavy (non-hydrogen) atoms. The van der Waals surface area contributed by atoms with Crippen molar-refractivity contribution in [2.75, 3.05) is 0 Å². The Labute approximate surface area is 325 Å². The Balaban J connectivity index is 1.02. The summed E-state index contributed by atoms with van der Waals surface area (Å²) in [5, 5.41) is 0. The fraction of sp³-hybridized carbons (Fsp3) is 0.0192. The third kappa shape index (κ3) is 4.96. The predicted octanol–water partition coefficient (Wildman–Crippen LogP) is 12.7. The van der Waals surface area contributed by atoms with Gasteiger partial charge in [0.1, 0.15) is 11.5 Å². The first-order chi connectivity index (χ1) is 27.8. The van der Waals surface area contributed by atoms with Gasteiger partial charge in [-0.15, -0.1) is 0 Å². The van der Waals surface area contributed by atoms with Crippen molar-refractivity contribution in [1.82, 2.24) is 15.0 Å². The highest BCUT2D eigenvalue weighted by atomic mass is 16.5. The molecule has 1 spiro atoms. The first kappa shape index (κ1) is 32.0. The molecule has 11 rings (SSSR count). The van der Waals surface area contributed by atoms with Crippen LogP contribution in [-0.4, -0.2) is 15.0 Å². The second-order valence-corrected chi connectivity index (χ2v) is 14.3. The summed E-state index contributed by atoms with van der Waals surface area (Å²) in [4.78, 5) is 15.0. The summed E-state index contributed by atoms with van der Waals surface area (Å²) in [6.07, 6.45) is 0. The number of nitrogens with zero attached hydrogens (tertiary/aromatic N) is 3. The topological polar surface area (TPSA) is 47.9 Å². The lowest BCUT2D eigenvalue weighted by Crippen LogP contribution is -2.32. The normalized spacial score (nSPS) is 12.9. The molecule has 1 aliphatic heterocycles. The highest BCUT2D eigenvalue weighted by Gasteiger charge is 2.51. The molecule has 9 aromatic rings. The van der Waals surface area contributed by atoms with E-state index in [4.69, 9.17) is 19.7 Å². The summed E-state index contributed by atoms with van der Waals surface area (Å²) >= 11 is 0. The summed E-state index contributed by atoms with van der Waals surface area (Å²) in [6, 6.07) is 70.2. The van der Waals surface area contributed by atoms with Crippen molar-refractivity contribution in [2.45, 2.75) is 5.41 Å². The third-order valence-electron chi connectivity index (χ3n) is 11.2. The molecule has 4 heteroatoms. The van der Waals surface area contributed by atoms with Crippen LogP contribution in [0.15, 0.2) is 200 Å². The lowest BCUT2D eigenvalue weighted by molar-refractivity contribution is 0.436. The highest BCUT2D eigenvalue weighted by molar-refractivity contribution is 5.89. The molecule has 2 heterocycles. The third-order valence-corrected chi connectivity index (χ3v) is 11.2. The maximum atomic E-state index is 6.67. The van der Waals surface area contributed by atoms with Gasteiger partial charge in [-0.3, -0.25) is 0 Å². The summed E-state index contributed by atoms with van der Waals surface area (Å²) in [6.45, 7) is 0. The van der Waals surface area contributed by atoms with Crippen LogP contribution >= 0.6 is 0 Å². The minimum atomic E-state index is -0.506. The van der Waals surface area contributed by atoms with Gasteiger partial charge in [0.05, 0.1) is 5.41 Å². The zero-order valence-electron chi connectivity index (χ0n) is 30.3. The molecular weight excluding hydrogens is 683 g/mol. The van der Waals surface area contributed by atoms with E-state index in [1.807, 2.05) is 66.7 Å². The number of rotatable bonds is 5. The standard InChI is InChI=1S/C52H33N3O/c1-3-15-36(16-4-1)49-53-50(37-17-5-2-6-18-37)55-51(54-49)42-22-8-7-19-39(42)35-29-27-34(28-30-35)38-31-32-48-46(33-38)52(45-25-13-14-26-47(45)56-48)43-23-11-9-20-40(43)41-21-10-12-24-44(41)52/h1-33H. The number of hydrogen-bond acceptors (Lipinski definition) is 4. The molecule has 1 aromatic heterocycles. The molecule has 0 N–H and O–H groups in total. The van der Waals surface area contributed by atoms with Crippen molar-refractivity contribution in [2.24, 2.45) is 0 Å². The van der Waals surface area contributed by atoms with E-state index in [2.05, 4.69) is 133 Å². The van der Waals surface area contributed by atoms with Gasteiger partial charge in [0.15, 0.2) is 17.5 Å². The molecule has 0 fully saturated rings. The van der Waals surface area contributed by atoms with Crippen LogP contribution in [-0.2, 0) is 5.41 Å². The lowest BCUT2D eigenvalue weighted by atomic mass is 9.66. The summed E-state index contributed by atoms with van der Waals surface area (Å²) in [5.41, 5.74) is 14.1. The minimum absolute atomic E-state index is 0.506. The lowest BCUT2D eigenvalue weighted by Gasteiger charge is -2.39. The molecule has 0 bridgehead atoms. The zero-order chi connectivity index (χ0) is 37.1. The smallest absolute Gasteiger partial charge is 0.164 e. The van der Waals surface area contributed by atoms with Crippen LogP contribution in [0, 0.1) is 0 Å². The Morgan fingerprint density at radius 2 is 0.732 bits per heavy atom. The van der Waals surface area contributed by atoms with E-state index in [9.17, 15) is 0 Å². The Morgan fingerprint density at radius 3 is 1.36 bits per heavy atom. The number of fused-ring (bicyclic) bond motifs is 9. The number of benzene rings is 8. The first-order valence-corrected chi connectivity index (χ1v) is 18.9. The summed E-state index contributed by atoms with van der Waals surface area (Å²) in [7, 11) is 0. The van der Waals surface area contributed by atoms with Gasteiger partial charge < -0.3 is 4.74 Å². The minimum Gasteiger partial charge on any atom is -0.457 e. The molecule has 4 nitrogen and oxygen atoms in total. The number of ether oxygens (including phenoxy) is 1. The number of hydrogen-bond donors (Lipinski definition) is 0. The Kier molecular flexibility index (Phi) is 7.36. The predicted molar refractivity (Wildman–Crippen MR) is 224 cm³/mol. The molecule has 262 valence electrons. The molecular formula is C52H33N3O. The average Bonchev–Trinajstić information content (AvgIpc) is 3.57. The Hall–Kier alpha value is -7.43. The highest BCUT2D eigenvalue weighted by Crippen LogP contribution is 2.62. The molecule has 0 unspecified atom stereocenters. The van der Waals surface area contributed by atoms with Crippen molar-refractivity contribution in [1.29, 1.82) is 0 Å². The second-order valence-electron chi connectivity index (χ2n) is 14.3. The van der Waals surface area contributed by atoms with Crippen LogP contribution in [0.4, 0.5) is 0 Å². The van der Waals surface area contributed by atoms with Crippen LogP contribution in [0.25, 0.3) is 67.5 Å². The van der Waals surface area contributed by atoms with Crippen LogP contribution in [0.1, 0.15) is 22.3 Å². The van der Waals surface area contributed by atoms with Gasteiger partial charge in [-0.1, -0.05) is 182 Å². The number of aromatic nitrogens is 3. The first-order valence-electron chi connectivity index (χ1n) is 18.9. The van der Waals surface area contributed by atoms with Crippen molar-refractivity contribution in [3.63, 3.8) is 0 Å². The molecule has 0 radical (unpaired) electrons. The van der Waals surface area contributed by atoms with Gasteiger partial charge >= 0.3 is 0 Å². The van der Waals surface area contributed by atoms with Crippen LogP contribution in [0.3, 0.4) is 0 Å². The van der Waals surface area contributed by atoms with Gasteiger partial charge in [0, 0.05) is 27.8 Å². The maximum absolute atomic E-state index is 6.67. The van der Waals surface area contributed by atoms with E-state index in [1.165, 1.54) is 22.3 Å². The van der Waals surface area contributed by atoms with E-state index in [-0.39, 0.29) is 0 Å². The van der Waals surface area contributed by atoms with E-state index in [0.29, 0.717) is 17.5 Å². The average molecular weight is 716 g/mol. The molecule has 2 aliphatic rings. The maximum Gasteiger partial charge on any atom is 0.164 e. The van der Waals surface area contributed by atoms with Crippen LogP contribution < -0.4 is 4.74 Å². The van der Waals surface area contributed by atoms with Gasteiger partial charge in [-0.2, -0.15) is 0 Å². The number of para-hydroxylation sites is 1. The zero-order valence-corrected chi connectivity index (χ0v) is 30.3. The quantitative estimate of drug-likeness (QED) is 0.178. The molecule has 0 saturated carbocycles. The summed E-state index contributed by atoms with van der Waals surface area (Å²) < 4.78 is 6.67. The Bertz CT molecular complexity index is 2840. The van der Waals surface area contributed by atoms with Gasteiger partial charge in [0.25, 0.3) is 0 Å². The fourth-order valence-corrected chi connectivity index (χ4v) is 8.74. The molecule has 1 aliphatic carbocycles. The Morgan fingerprint density at radius 1 is 0.286 bits per heavy atom. The SMILES string of the molecule is c1ccc(-c2nc(-c3ccccc3)nc(-c3ccccc3-c3ccc(-c4ccc5c(c4)C4(c6ccccc6O5)c5ccccc5-c5ccccc54)cc3)n2)cc1. The molecule has 0 amide bonds. The summed E-state index contributed by atoms with van der Waals surface area (Å²) in [5.74, 6) is 3.70. The van der Waals surface area contributed by atoms with Crippen LogP contribution in [0.2, 0.25) is 0 Å². The van der Waals surface area contributed by atoms with Gasteiger partial charge in [-0.25, -0.2) is 15.0 Å². The van der Waals surface area contributed by atoms with Gasteiger partial charge in [-0.05, 0) is 62.7 Å². The van der Waals surface area contributed by atoms with Crippen molar-refractivity contribution < 1.29 is 4.74 Å².